The lowest BCUT2D eigenvalue weighted by atomic mass is 9.91. The SMILES string of the molecule is c1ccc(-c2ccc(-c3ccc(N(c4ccc(-c5cccc6ccccc56)cc4)c4cccc(-c5ccc6c(c5)-c5cccc7cccc(c57)O6)c4)cc3)cc2-c2ccccc2)cc1. The maximum absolute atomic E-state index is 6.47. The monoisotopic (exact) mass is 815 g/mol. The topological polar surface area (TPSA) is 12.5 Å². The van der Waals surface area contributed by atoms with Crippen LogP contribution in [0.25, 0.3) is 88.3 Å². The Morgan fingerprint density at radius 2 is 0.766 bits per heavy atom. The number of anilines is 3. The standard InChI is InChI=1S/C62H41NO/c1-3-13-43(14-4-1)56-37-31-49(40-58(56)45-15-5-2-6-16-45)42-27-33-51(34-28-42)63(52-35-29-46(30-36-52)55-24-10-18-44-17-7-8-23-54(44)55)53-22-9-21-48(39-53)50-32-38-60-59(41-50)57-25-11-19-47-20-12-26-61(64-60)62(47)57/h1-41H. The molecule has 1 aliphatic rings. The average molecular weight is 816 g/mol. The van der Waals surface area contributed by atoms with Crippen LogP contribution in [0.15, 0.2) is 249 Å². The summed E-state index contributed by atoms with van der Waals surface area (Å²) in [6.07, 6.45) is 0. The van der Waals surface area contributed by atoms with E-state index in [1.807, 2.05) is 0 Å². The number of ether oxygens (including phenoxy) is 1. The Morgan fingerprint density at radius 1 is 0.250 bits per heavy atom. The number of nitrogens with zero attached hydrogens (tertiary/aromatic N) is 1. The van der Waals surface area contributed by atoms with Crippen LogP contribution in [0.2, 0.25) is 0 Å². The van der Waals surface area contributed by atoms with Crippen molar-refractivity contribution in [3.63, 3.8) is 0 Å². The molecule has 300 valence electrons. The average Bonchev–Trinajstić information content (AvgIpc) is 3.37. The molecule has 0 saturated carbocycles. The van der Waals surface area contributed by atoms with E-state index in [2.05, 4.69) is 254 Å². The molecule has 0 aromatic heterocycles. The number of hydrogen-bond donors (Lipinski definition) is 0. The van der Waals surface area contributed by atoms with Gasteiger partial charge in [0.25, 0.3) is 0 Å². The molecule has 0 aliphatic carbocycles. The fourth-order valence-electron chi connectivity index (χ4n) is 9.54. The Hall–Kier alpha value is -8.46. The van der Waals surface area contributed by atoms with E-state index >= 15 is 0 Å². The van der Waals surface area contributed by atoms with Crippen LogP contribution in [0.3, 0.4) is 0 Å². The van der Waals surface area contributed by atoms with Crippen LogP contribution in [-0.4, -0.2) is 0 Å². The van der Waals surface area contributed by atoms with Crippen molar-refractivity contribution in [3.8, 4) is 78.3 Å². The largest absolute Gasteiger partial charge is 0.456 e. The zero-order valence-corrected chi connectivity index (χ0v) is 35.0. The van der Waals surface area contributed by atoms with Gasteiger partial charge in [0.1, 0.15) is 11.5 Å². The van der Waals surface area contributed by atoms with Gasteiger partial charge in [0.15, 0.2) is 0 Å². The van der Waals surface area contributed by atoms with Gasteiger partial charge in [0, 0.05) is 28.0 Å². The number of fused-ring (bicyclic) bond motifs is 3. The molecule has 1 aliphatic heterocycles. The fourth-order valence-corrected chi connectivity index (χ4v) is 9.54. The van der Waals surface area contributed by atoms with Crippen molar-refractivity contribution >= 4 is 38.6 Å². The maximum Gasteiger partial charge on any atom is 0.135 e. The predicted octanol–water partition coefficient (Wildman–Crippen LogP) is 17.6. The molecular weight excluding hydrogens is 775 g/mol. The maximum atomic E-state index is 6.47. The van der Waals surface area contributed by atoms with E-state index in [0.717, 1.165) is 56.2 Å². The summed E-state index contributed by atoms with van der Waals surface area (Å²) in [7, 11) is 0. The Labute approximate surface area is 373 Å². The molecule has 0 N–H and O–H groups in total. The first kappa shape index (κ1) is 37.3. The van der Waals surface area contributed by atoms with Crippen LogP contribution in [0.1, 0.15) is 0 Å². The van der Waals surface area contributed by atoms with Crippen LogP contribution < -0.4 is 9.64 Å². The van der Waals surface area contributed by atoms with E-state index in [4.69, 9.17) is 4.74 Å². The second-order valence-corrected chi connectivity index (χ2v) is 16.5. The minimum atomic E-state index is 0.879. The lowest BCUT2D eigenvalue weighted by Crippen LogP contribution is -2.10. The first-order valence-electron chi connectivity index (χ1n) is 21.9. The zero-order chi connectivity index (χ0) is 42.4. The van der Waals surface area contributed by atoms with Crippen LogP contribution >= 0.6 is 0 Å². The molecule has 2 heteroatoms. The molecule has 12 rings (SSSR count). The van der Waals surface area contributed by atoms with Crippen LogP contribution in [-0.2, 0) is 0 Å². The molecule has 11 aromatic carbocycles. The highest BCUT2D eigenvalue weighted by atomic mass is 16.5. The molecule has 1 heterocycles. The van der Waals surface area contributed by atoms with Gasteiger partial charge in [0.2, 0.25) is 0 Å². The predicted molar refractivity (Wildman–Crippen MR) is 269 cm³/mol. The molecule has 64 heavy (non-hydrogen) atoms. The number of hydrogen-bond acceptors (Lipinski definition) is 2. The van der Waals surface area contributed by atoms with Crippen LogP contribution in [0.5, 0.6) is 11.5 Å². The molecular formula is C62H41NO. The normalized spacial score (nSPS) is 11.6. The third kappa shape index (κ3) is 6.70. The van der Waals surface area contributed by atoms with E-state index in [1.54, 1.807) is 0 Å². The summed E-state index contributed by atoms with van der Waals surface area (Å²) < 4.78 is 6.47. The molecule has 0 spiro atoms. The third-order valence-corrected chi connectivity index (χ3v) is 12.7. The van der Waals surface area contributed by atoms with E-state index in [9.17, 15) is 0 Å². The Morgan fingerprint density at radius 3 is 1.53 bits per heavy atom. The molecule has 0 bridgehead atoms. The van der Waals surface area contributed by atoms with Crippen molar-refractivity contribution < 1.29 is 4.74 Å². The first-order chi connectivity index (χ1) is 31.7. The smallest absolute Gasteiger partial charge is 0.135 e. The molecule has 0 amide bonds. The summed E-state index contributed by atoms with van der Waals surface area (Å²) in [4.78, 5) is 2.37. The Bertz CT molecular complexity index is 3490. The van der Waals surface area contributed by atoms with Gasteiger partial charge in [-0.15, -0.1) is 0 Å². The van der Waals surface area contributed by atoms with Crippen molar-refractivity contribution in [1.82, 2.24) is 0 Å². The summed E-state index contributed by atoms with van der Waals surface area (Å²) in [6.45, 7) is 0. The lowest BCUT2D eigenvalue weighted by molar-refractivity contribution is 0.487. The zero-order valence-electron chi connectivity index (χ0n) is 35.0. The van der Waals surface area contributed by atoms with Gasteiger partial charge in [-0.25, -0.2) is 0 Å². The molecule has 2 nitrogen and oxygen atoms in total. The Kier molecular flexibility index (Phi) is 9.20. The minimum Gasteiger partial charge on any atom is -0.456 e. The second kappa shape index (κ2) is 15.8. The minimum absolute atomic E-state index is 0.879. The summed E-state index contributed by atoms with van der Waals surface area (Å²) in [5, 5.41) is 4.83. The van der Waals surface area contributed by atoms with Crippen molar-refractivity contribution in [2.24, 2.45) is 0 Å². The molecule has 0 unspecified atom stereocenters. The molecule has 0 saturated heterocycles. The van der Waals surface area contributed by atoms with Gasteiger partial charge in [-0.2, -0.15) is 0 Å². The highest BCUT2D eigenvalue weighted by Crippen LogP contribution is 2.48. The molecule has 0 radical (unpaired) electrons. The van der Waals surface area contributed by atoms with Crippen LogP contribution in [0, 0.1) is 0 Å². The summed E-state index contributed by atoms with van der Waals surface area (Å²) in [6, 6.07) is 89.7. The first-order valence-corrected chi connectivity index (χ1v) is 21.9. The van der Waals surface area contributed by atoms with Gasteiger partial charge in [-0.05, 0) is 138 Å². The van der Waals surface area contributed by atoms with E-state index in [0.29, 0.717) is 0 Å². The highest BCUT2D eigenvalue weighted by molar-refractivity contribution is 6.05. The van der Waals surface area contributed by atoms with Crippen molar-refractivity contribution in [1.29, 1.82) is 0 Å². The molecule has 11 aromatic rings. The van der Waals surface area contributed by atoms with Gasteiger partial charge in [-0.3, -0.25) is 0 Å². The van der Waals surface area contributed by atoms with Crippen LogP contribution in [0.4, 0.5) is 17.1 Å². The van der Waals surface area contributed by atoms with Crippen molar-refractivity contribution in [3.05, 3.63) is 249 Å². The summed E-state index contributed by atoms with van der Waals surface area (Å²) >= 11 is 0. The lowest BCUT2D eigenvalue weighted by Gasteiger charge is -2.27. The highest BCUT2D eigenvalue weighted by Gasteiger charge is 2.21. The number of benzene rings is 11. The van der Waals surface area contributed by atoms with E-state index < -0.39 is 0 Å². The quantitative estimate of drug-likeness (QED) is 0.151. The van der Waals surface area contributed by atoms with Gasteiger partial charge in [-0.1, -0.05) is 188 Å². The second-order valence-electron chi connectivity index (χ2n) is 16.5. The Balaban J connectivity index is 0.949. The van der Waals surface area contributed by atoms with Crippen molar-refractivity contribution in [2.75, 3.05) is 4.90 Å². The van der Waals surface area contributed by atoms with E-state index in [-0.39, 0.29) is 0 Å². The fraction of sp³-hybridized carbons (Fsp3) is 0. The number of rotatable bonds is 8. The molecule has 0 atom stereocenters. The third-order valence-electron chi connectivity index (χ3n) is 12.7. The van der Waals surface area contributed by atoms with Crippen molar-refractivity contribution in [2.45, 2.75) is 0 Å². The summed E-state index contributed by atoms with van der Waals surface area (Å²) in [5.41, 5.74) is 17.4. The van der Waals surface area contributed by atoms with E-state index in [1.165, 1.54) is 60.7 Å². The van der Waals surface area contributed by atoms with Gasteiger partial charge in [0.05, 0.1) is 0 Å². The summed E-state index contributed by atoms with van der Waals surface area (Å²) in [5.74, 6) is 1.79. The molecule has 0 fully saturated rings. The van der Waals surface area contributed by atoms with Gasteiger partial charge < -0.3 is 9.64 Å². The van der Waals surface area contributed by atoms with Gasteiger partial charge >= 0.3 is 0 Å².